The zero-order valence-corrected chi connectivity index (χ0v) is 15.9. The number of imidazole rings is 1. The lowest BCUT2D eigenvalue weighted by Crippen LogP contribution is -2.03. The van der Waals surface area contributed by atoms with Crippen LogP contribution in [0.15, 0.2) is 53.6 Å². The van der Waals surface area contributed by atoms with Gasteiger partial charge in [-0.05, 0) is 48.2 Å². The molecule has 0 bridgehead atoms. The number of nitrogens with zero attached hydrogens (tertiary/aromatic N) is 2. The van der Waals surface area contributed by atoms with E-state index in [1.165, 1.54) is 21.5 Å². The van der Waals surface area contributed by atoms with Crippen LogP contribution in [0, 0.1) is 12.7 Å². The van der Waals surface area contributed by atoms with Crippen molar-refractivity contribution >= 4 is 21.2 Å². The highest BCUT2D eigenvalue weighted by Crippen LogP contribution is 2.36. The van der Waals surface area contributed by atoms with Gasteiger partial charge in [0, 0.05) is 23.2 Å². The van der Waals surface area contributed by atoms with Crippen molar-refractivity contribution in [3.8, 4) is 11.4 Å². The lowest BCUT2D eigenvalue weighted by atomic mass is 10.1. The molecular weight excluding hydrogens is 378 g/mol. The molecule has 0 spiro atoms. The van der Waals surface area contributed by atoms with Crippen LogP contribution in [0.25, 0.3) is 11.4 Å². The predicted molar refractivity (Wildman–Crippen MR) is 102 cm³/mol. The Morgan fingerprint density at radius 1 is 1.19 bits per heavy atom. The van der Waals surface area contributed by atoms with E-state index in [9.17, 15) is 13.2 Å². The number of benzene rings is 2. The average molecular weight is 395 g/mol. The second-order valence-electron chi connectivity index (χ2n) is 5.93. The maximum atomic E-state index is 13.8. The van der Waals surface area contributed by atoms with E-state index < -0.39 is 5.66 Å². The van der Waals surface area contributed by atoms with E-state index in [1.807, 2.05) is 0 Å². The van der Waals surface area contributed by atoms with E-state index in [4.69, 9.17) is 5.14 Å². The Morgan fingerprint density at radius 2 is 1.88 bits per heavy atom. The molecule has 1 atom stereocenters. The number of halogens is 3. The van der Waals surface area contributed by atoms with E-state index in [0.717, 1.165) is 22.4 Å². The second kappa shape index (κ2) is 7.43. The number of aryl methyl sites for hydroxylation is 1. The molecule has 0 saturated carbocycles. The van der Waals surface area contributed by atoms with Crippen molar-refractivity contribution in [3.63, 3.8) is 0 Å². The van der Waals surface area contributed by atoms with Crippen LogP contribution >= 0.6 is 21.2 Å². The summed E-state index contributed by atoms with van der Waals surface area (Å²) in [5.41, 5.74) is -1.47. The fourth-order valence-electron chi connectivity index (χ4n) is 2.61. The summed E-state index contributed by atoms with van der Waals surface area (Å²) in [7, 11) is 1.50. The zero-order chi connectivity index (χ0) is 18.9. The van der Waals surface area contributed by atoms with Gasteiger partial charge >= 0.3 is 5.66 Å². The van der Waals surface area contributed by atoms with Crippen molar-refractivity contribution in [1.82, 2.24) is 9.55 Å². The summed E-state index contributed by atoms with van der Waals surface area (Å²) in [6.07, 6.45) is 1.33. The predicted octanol–water partition coefficient (Wildman–Crippen LogP) is 4.94. The maximum Gasteiger partial charge on any atom is 0.301 e. The van der Waals surface area contributed by atoms with Gasteiger partial charge < -0.3 is 4.57 Å². The molecule has 2 N–H and O–H groups in total. The molecule has 0 radical (unpaired) electrons. The van der Waals surface area contributed by atoms with E-state index in [0.29, 0.717) is 23.5 Å². The van der Waals surface area contributed by atoms with Crippen LogP contribution in [0.1, 0.15) is 16.8 Å². The molecule has 0 fully saturated rings. The number of hydrogen-bond donors (Lipinski definition) is 1. The molecule has 1 unspecified atom stereocenters. The molecule has 0 aliphatic rings. The zero-order valence-electron chi connectivity index (χ0n) is 13.9. The fraction of sp³-hybridized carbons (Fsp3) is 0.167. The standard InChI is InChI=1S/C18H17F3N3PS/c1-11-8-12(2-7-15(11)19)9-24-10-16(18(20,21)25)23-17(24)13-3-5-14(26-22)6-4-13/h2-8,10H,9,22,25H2,1H3. The number of nitrogens with two attached hydrogens (primary N) is 1. The minimum Gasteiger partial charge on any atom is -0.326 e. The summed E-state index contributed by atoms with van der Waals surface area (Å²) in [5.74, 6) is 0.115. The normalized spacial score (nSPS) is 11.8. The first kappa shape index (κ1) is 19.0. The maximum absolute atomic E-state index is 13.8. The molecular formula is C18H17F3N3PS. The van der Waals surface area contributed by atoms with Crippen LogP contribution in [-0.2, 0) is 12.2 Å². The molecule has 3 rings (SSSR count). The first-order valence-corrected chi connectivity index (χ1v) is 9.20. The van der Waals surface area contributed by atoms with Crippen molar-refractivity contribution in [1.29, 1.82) is 0 Å². The second-order valence-corrected chi connectivity index (χ2v) is 7.36. The average Bonchev–Trinajstić information content (AvgIpc) is 3.02. The molecule has 0 aliphatic heterocycles. The Balaban J connectivity index is 2.04. The SMILES string of the molecule is Cc1cc(Cn2cc(C(F)(F)P)nc2-c2ccc(SN)cc2)ccc1F. The Labute approximate surface area is 156 Å². The van der Waals surface area contributed by atoms with Gasteiger partial charge in [0.1, 0.15) is 17.3 Å². The summed E-state index contributed by atoms with van der Waals surface area (Å²) >= 11 is 1.11. The molecule has 3 aromatic rings. The van der Waals surface area contributed by atoms with E-state index >= 15 is 0 Å². The quantitative estimate of drug-likeness (QED) is 0.492. The summed E-state index contributed by atoms with van der Waals surface area (Å²) < 4.78 is 42.6. The number of hydrogen-bond acceptors (Lipinski definition) is 3. The molecule has 0 amide bonds. The molecule has 2 aromatic carbocycles. The summed E-state index contributed by atoms with van der Waals surface area (Å²) in [6.45, 7) is 1.97. The van der Waals surface area contributed by atoms with Gasteiger partial charge in [0.05, 0.1) is 0 Å². The molecule has 3 nitrogen and oxygen atoms in total. The van der Waals surface area contributed by atoms with E-state index in [-0.39, 0.29) is 11.5 Å². The summed E-state index contributed by atoms with van der Waals surface area (Å²) in [6, 6.07) is 11.9. The molecule has 0 saturated heterocycles. The van der Waals surface area contributed by atoms with Crippen LogP contribution < -0.4 is 5.14 Å². The number of alkyl halides is 2. The van der Waals surface area contributed by atoms with Gasteiger partial charge in [0.25, 0.3) is 0 Å². The molecule has 1 heterocycles. The highest BCUT2D eigenvalue weighted by atomic mass is 32.2. The van der Waals surface area contributed by atoms with Crippen molar-refractivity contribution in [2.75, 3.05) is 0 Å². The topological polar surface area (TPSA) is 43.8 Å². The third-order valence-electron chi connectivity index (χ3n) is 3.94. The van der Waals surface area contributed by atoms with Gasteiger partial charge in [-0.25, -0.2) is 9.37 Å². The number of aromatic nitrogens is 2. The van der Waals surface area contributed by atoms with Crippen LogP contribution in [-0.4, -0.2) is 9.55 Å². The lowest BCUT2D eigenvalue weighted by molar-refractivity contribution is 0.0991. The molecule has 8 heteroatoms. The van der Waals surface area contributed by atoms with Gasteiger partial charge in [0.15, 0.2) is 0 Å². The van der Waals surface area contributed by atoms with Crippen molar-refractivity contribution in [2.45, 2.75) is 24.0 Å². The monoisotopic (exact) mass is 395 g/mol. The molecule has 0 aliphatic carbocycles. The first-order chi connectivity index (χ1) is 12.3. The van der Waals surface area contributed by atoms with Crippen molar-refractivity contribution < 1.29 is 13.2 Å². The largest absolute Gasteiger partial charge is 0.326 e. The smallest absolute Gasteiger partial charge is 0.301 e. The van der Waals surface area contributed by atoms with Crippen LogP contribution in [0.4, 0.5) is 13.2 Å². The van der Waals surface area contributed by atoms with Crippen LogP contribution in [0.3, 0.4) is 0 Å². The van der Waals surface area contributed by atoms with Crippen molar-refractivity contribution in [3.05, 3.63) is 71.3 Å². The van der Waals surface area contributed by atoms with Gasteiger partial charge in [-0.3, -0.25) is 5.14 Å². The molecule has 1 aromatic heterocycles. The Hall–Kier alpha value is -1.82. The van der Waals surface area contributed by atoms with Gasteiger partial charge in [0.2, 0.25) is 0 Å². The van der Waals surface area contributed by atoms with Gasteiger partial charge in [-0.15, -0.1) is 0 Å². The minimum atomic E-state index is -3.13. The highest BCUT2D eigenvalue weighted by Gasteiger charge is 2.29. The van der Waals surface area contributed by atoms with Gasteiger partial charge in [-0.2, -0.15) is 8.78 Å². The Kier molecular flexibility index (Phi) is 5.42. The molecule has 26 heavy (non-hydrogen) atoms. The fourth-order valence-corrected chi connectivity index (χ4v) is 3.04. The van der Waals surface area contributed by atoms with Crippen LogP contribution in [0.2, 0.25) is 0 Å². The Morgan fingerprint density at radius 3 is 2.46 bits per heavy atom. The molecule has 136 valence electrons. The Bertz CT molecular complexity index is 920. The van der Waals surface area contributed by atoms with Gasteiger partial charge in [-0.1, -0.05) is 33.5 Å². The first-order valence-electron chi connectivity index (χ1n) is 7.74. The van der Waals surface area contributed by atoms with Crippen molar-refractivity contribution in [2.24, 2.45) is 5.14 Å². The third kappa shape index (κ3) is 4.11. The summed E-state index contributed by atoms with van der Waals surface area (Å²) in [4.78, 5) is 4.98. The summed E-state index contributed by atoms with van der Waals surface area (Å²) in [5, 5.41) is 5.52. The number of rotatable bonds is 5. The third-order valence-corrected chi connectivity index (χ3v) is 4.78. The van der Waals surface area contributed by atoms with E-state index in [2.05, 4.69) is 4.98 Å². The minimum absolute atomic E-state index is 0.299. The highest BCUT2D eigenvalue weighted by molar-refractivity contribution is 7.97. The van der Waals surface area contributed by atoms with E-state index in [1.54, 1.807) is 47.9 Å². The van der Waals surface area contributed by atoms with Crippen LogP contribution in [0.5, 0.6) is 0 Å². The lowest BCUT2D eigenvalue weighted by Gasteiger charge is -2.09.